The molecule has 0 unspecified atom stereocenters. The van der Waals surface area contributed by atoms with Crippen LogP contribution in [0, 0.1) is 5.82 Å². The molecule has 0 bridgehead atoms. The lowest BCUT2D eigenvalue weighted by Crippen LogP contribution is -2.32. The van der Waals surface area contributed by atoms with Crippen LogP contribution >= 0.6 is 11.8 Å². The first-order chi connectivity index (χ1) is 13.1. The first-order valence-corrected chi connectivity index (χ1v) is 9.39. The molecule has 5 nitrogen and oxygen atoms in total. The second kappa shape index (κ2) is 9.14. The van der Waals surface area contributed by atoms with Gasteiger partial charge in [0.1, 0.15) is 5.82 Å². The maximum Gasteiger partial charge on any atom is 0.266 e. The van der Waals surface area contributed by atoms with Gasteiger partial charge in [0.05, 0.1) is 18.0 Å². The zero-order valence-corrected chi connectivity index (χ0v) is 15.3. The summed E-state index contributed by atoms with van der Waals surface area (Å²) in [6.07, 6.45) is 0. The van der Waals surface area contributed by atoms with Gasteiger partial charge in [-0.2, -0.15) is 5.10 Å². The van der Waals surface area contributed by atoms with E-state index in [0.717, 1.165) is 10.5 Å². The quantitative estimate of drug-likeness (QED) is 0.637. The molecule has 1 aromatic heterocycles. The number of benzene rings is 2. The summed E-state index contributed by atoms with van der Waals surface area (Å²) >= 11 is 1.32. The second-order valence-corrected chi connectivity index (χ2v) is 6.79. The molecule has 0 saturated carbocycles. The Morgan fingerprint density at radius 2 is 1.78 bits per heavy atom. The lowest BCUT2D eigenvalue weighted by Gasteiger charge is -2.08. The van der Waals surface area contributed by atoms with Crippen LogP contribution in [0.1, 0.15) is 0 Å². The molecule has 1 amide bonds. The van der Waals surface area contributed by atoms with Gasteiger partial charge < -0.3 is 5.32 Å². The summed E-state index contributed by atoms with van der Waals surface area (Å²) in [5.41, 5.74) is 1.41. The van der Waals surface area contributed by atoms with E-state index in [-0.39, 0.29) is 29.6 Å². The van der Waals surface area contributed by atoms with Crippen molar-refractivity contribution in [3.05, 3.63) is 82.9 Å². The minimum Gasteiger partial charge on any atom is -0.354 e. The van der Waals surface area contributed by atoms with Crippen molar-refractivity contribution in [2.45, 2.75) is 11.4 Å². The highest BCUT2D eigenvalue weighted by Gasteiger charge is 2.05. The Morgan fingerprint density at radius 3 is 2.52 bits per heavy atom. The van der Waals surface area contributed by atoms with E-state index >= 15 is 0 Å². The van der Waals surface area contributed by atoms with Crippen LogP contribution in [0.5, 0.6) is 0 Å². The fraction of sp³-hybridized carbons (Fsp3) is 0.150. The first kappa shape index (κ1) is 18.8. The monoisotopic (exact) mass is 383 g/mol. The lowest BCUT2D eigenvalue weighted by atomic mass is 10.1. The van der Waals surface area contributed by atoms with E-state index in [4.69, 9.17) is 0 Å². The molecule has 138 valence electrons. The van der Waals surface area contributed by atoms with Gasteiger partial charge in [0.2, 0.25) is 5.91 Å². The van der Waals surface area contributed by atoms with Gasteiger partial charge in [0, 0.05) is 23.1 Å². The molecule has 0 aliphatic rings. The number of halogens is 1. The maximum atomic E-state index is 12.9. The summed E-state index contributed by atoms with van der Waals surface area (Å²) < 4.78 is 14.2. The van der Waals surface area contributed by atoms with Crippen molar-refractivity contribution in [2.24, 2.45) is 0 Å². The average molecular weight is 383 g/mol. The predicted octanol–water partition coefficient (Wildman–Crippen LogP) is 2.96. The van der Waals surface area contributed by atoms with Crippen molar-refractivity contribution in [1.82, 2.24) is 15.1 Å². The van der Waals surface area contributed by atoms with Crippen LogP contribution in [0.25, 0.3) is 11.3 Å². The number of amides is 1. The molecular weight excluding hydrogens is 365 g/mol. The molecule has 0 atom stereocenters. The largest absolute Gasteiger partial charge is 0.354 e. The number of hydrogen-bond donors (Lipinski definition) is 1. The van der Waals surface area contributed by atoms with E-state index in [9.17, 15) is 14.0 Å². The van der Waals surface area contributed by atoms with Crippen molar-refractivity contribution in [3.8, 4) is 11.3 Å². The van der Waals surface area contributed by atoms with Crippen molar-refractivity contribution in [2.75, 3.05) is 12.3 Å². The smallest absolute Gasteiger partial charge is 0.266 e. The van der Waals surface area contributed by atoms with Gasteiger partial charge in [-0.25, -0.2) is 9.07 Å². The third kappa shape index (κ3) is 5.52. The minimum absolute atomic E-state index is 0.156. The molecule has 0 spiro atoms. The first-order valence-electron chi connectivity index (χ1n) is 8.40. The molecule has 27 heavy (non-hydrogen) atoms. The van der Waals surface area contributed by atoms with E-state index in [1.54, 1.807) is 18.2 Å². The van der Waals surface area contributed by atoms with Gasteiger partial charge in [-0.15, -0.1) is 11.8 Å². The Hall–Kier alpha value is -2.93. The molecule has 0 saturated heterocycles. The van der Waals surface area contributed by atoms with Crippen molar-refractivity contribution < 1.29 is 9.18 Å². The summed E-state index contributed by atoms with van der Waals surface area (Å²) in [6.45, 7) is 0.584. The normalized spacial score (nSPS) is 10.6. The molecule has 3 rings (SSSR count). The number of thioether (sulfide) groups is 1. The standard InChI is InChI=1S/C20H18FN3O2S/c21-16-6-8-17(9-7-16)27-14-19(25)22-12-13-24-20(26)11-10-18(23-24)15-4-2-1-3-5-15/h1-11H,12-14H2,(H,22,25). The Morgan fingerprint density at radius 1 is 1.04 bits per heavy atom. The van der Waals surface area contributed by atoms with Crippen LogP contribution in [0.2, 0.25) is 0 Å². The fourth-order valence-corrected chi connectivity index (χ4v) is 3.13. The summed E-state index contributed by atoms with van der Waals surface area (Å²) in [5, 5.41) is 7.12. The SMILES string of the molecule is O=C(CSc1ccc(F)cc1)NCCn1nc(-c2ccccc2)ccc1=O. The van der Waals surface area contributed by atoms with Crippen molar-refractivity contribution >= 4 is 17.7 Å². The second-order valence-electron chi connectivity index (χ2n) is 5.74. The third-order valence-corrected chi connectivity index (χ3v) is 4.78. The van der Waals surface area contributed by atoms with Crippen LogP contribution in [-0.2, 0) is 11.3 Å². The highest BCUT2D eigenvalue weighted by atomic mass is 32.2. The molecule has 1 N–H and O–H groups in total. The molecule has 1 heterocycles. The summed E-state index contributed by atoms with van der Waals surface area (Å²) in [4.78, 5) is 24.7. The zero-order valence-electron chi connectivity index (χ0n) is 14.5. The molecular formula is C20H18FN3O2S. The Kier molecular flexibility index (Phi) is 6.38. The van der Waals surface area contributed by atoms with Crippen molar-refractivity contribution in [1.29, 1.82) is 0 Å². The third-order valence-electron chi connectivity index (χ3n) is 3.77. The number of nitrogens with one attached hydrogen (secondary N) is 1. The molecule has 0 aliphatic heterocycles. The molecule has 2 aromatic carbocycles. The van der Waals surface area contributed by atoms with Crippen LogP contribution in [-0.4, -0.2) is 28.0 Å². The van der Waals surface area contributed by atoms with Crippen molar-refractivity contribution in [3.63, 3.8) is 0 Å². The number of hydrogen-bond acceptors (Lipinski definition) is 4. The number of carbonyl (C=O) groups is 1. The van der Waals surface area contributed by atoms with Crippen LogP contribution in [0.3, 0.4) is 0 Å². The Bertz CT molecular complexity index is 959. The van der Waals surface area contributed by atoms with Gasteiger partial charge in [0.15, 0.2) is 0 Å². The fourth-order valence-electron chi connectivity index (χ4n) is 2.40. The number of carbonyl (C=O) groups excluding carboxylic acids is 1. The zero-order chi connectivity index (χ0) is 19.1. The van der Waals surface area contributed by atoms with Gasteiger partial charge in [-0.3, -0.25) is 9.59 Å². The number of aromatic nitrogens is 2. The average Bonchev–Trinajstić information content (AvgIpc) is 2.69. The van der Waals surface area contributed by atoms with Gasteiger partial charge >= 0.3 is 0 Å². The Labute approximate surface area is 160 Å². The highest BCUT2D eigenvalue weighted by molar-refractivity contribution is 8.00. The van der Waals surface area contributed by atoms with Crippen LogP contribution < -0.4 is 10.9 Å². The summed E-state index contributed by atoms with van der Waals surface area (Å²) in [7, 11) is 0. The highest BCUT2D eigenvalue weighted by Crippen LogP contribution is 2.17. The maximum absolute atomic E-state index is 12.9. The van der Waals surface area contributed by atoms with Gasteiger partial charge in [0.25, 0.3) is 5.56 Å². The Balaban J connectivity index is 1.51. The van der Waals surface area contributed by atoms with Crippen LogP contribution in [0.15, 0.2) is 76.4 Å². The topological polar surface area (TPSA) is 64.0 Å². The van der Waals surface area contributed by atoms with Gasteiger partial charge in [-0.1, -0.05) is 30.3 Å². The van der Waals surface area contributed by atoms with E-state index in [1.165, 1.54) is 34.6 Å². The van der Waals surface area contributed by atoms with E-state index < -0.39 is 0 Å². The summed E-state index contributed by atoms with van der Waals surface area (Å²) in [5.74, 6) is -0.242. The summed E-state index contributed by atoms with van der Waals surface area (Å²) in [6, 6.07) is 18.7. The molecule has 0 fully saturated rings. The number of rotatable bonds is 7. The number of nitrogens with zero attached hydrogens (tertiary/aromatic N) is 2. The minimum atomic E-state index is -0.306. The molecule has 0 aliphatic carbocycles. The predicted molar refractivity (Wildman–Crippen MR) is 104 cm³/mol. The van der Waals surface area contributed by atoms with E-state index in [2.05, 4.69) is 10.4 Å². The lowest BCUT2D eigenvalue weighted by molar-refractivity contribution is -0.118. The molecule has 3 aromatic rings. The van der Waals surface area contributed by atoms with Gasteiger partial charge in [-0.05, 0) is 30.3 Å². The molecule has 0 radical (unpaired) electrons. The van der Waals surface area contributed by atoms with E-state index in [1.807, 2.05) is 30.3 Å². The van der Waals surface area contributed by atoms with Crippen LogP contribution in [0.4, 0.5) is 4.39 Å². The van der Waals surface area contributed by atoms with E-state index in [0.29, 0.717) is 12.2 Å². The molecule has 7 heteroatoms.